The van der Waals surface area contributed by atoms with E-state index in [4.69, 9.17) is 11.6 Å². The van der Waals surface area contributed by atoms with E-state index in [9.17, 15) is 4.79 Å². The molecule has 114 valence electrons. The lowest BCUT2D eigenvalue weighted by molar-refractivity contribution is 0.0988. The summed E-state index contributed by atoms with van der Waals surface area (Å²) in [5.74, 6) is -0.291. The third-order valence-corrected chi connectivity index (χ3v) is 4.79. The number of thiazole rings is 1. The molecule has 2 aromatic heterocycles. The minimum absolute atomic E-state index is 0.291. The van der Waals surface area contributed by atoms with Gasteiger partial charge in [-0.3, -0.25) is 9.48 Å². The first-order valence-electron chi connectivity index (χ1n) is 6.88. The second-order valence-electron chi connectivity index (χ2n) is 4.93. The normalized spacial score (nSPS) is 12.3. The lowest BCUT2D eigenvalue weighted by Gasteiger charge is -2.00. The summed E-state index contributed by atoms with van der Waals surface area (Å²) in [6, 6.07) is 7.45. The lowest BCUT2D eigenvalue weighted by Crippen LogP contribution is -2.15. The Morgan fingerprint density at radius 3 is 2.91 bits per heavy atom. The molecule has 1 aromatic carbocycles. The molecule has 0 aliphatic rings. The number of hydrogen-bond donors (Lipinski definition) is 0. The number of fused-ring (bicyclic) bond motifs is 1. The highest BCUT2D eigenvalue weighted by Gasteiger charge is 2.13. The van der Waals surface area contributed by atoms with Crippen molar-refractivity contribution in [3.8, 4) is 0 Å². The summed E-state index contributed by atoms with van der Waals surface area (Å²) in [5.41, 5.74) is 2.20. The molecule has 0 fully saturated rings. The molecule has 0 unspecified atom stereocenters. The standard InChI is InChI=1S/C15H15ClN4OS/c1-4-20-11(8-9(2)18-20)14(21)17-15-19(3)13-10(16)6-5-7-12(13)22-15/h5-8H,4H2,1-3H3. The summed E-state index contributed by atoms with van der Waals surface area (Å²) < 4.78 is 4.52. The highest BCUT2D eigenvalue weighted by atomic mass is 35.5. The molecule has 3 rings (SSSR count). The van der Waals surface area contributed by atoms with Crippen molar-refractivity contribution >= 4 is 39.1 Å². The van der Waals surface area contributed by atoms with E-state index in [1.54, 1.807) is 10.7 Å². The Labute approximate surface area is 136 Å². The van der Waals surface area contributed by atoms with Crippen molar-refractivity contribution in [2.45, 2.75) is 20.4 Å². The fourth-order valence-corrected chi connectivity index (χ4v) is 3.77. The zero-order chi connectivity index (χ0) is 15.9. The number of aromatic nitrogens is 3. The number of aryl methyl sites for hydroxylation is 3. The van der Waals surface area contributed by atoms with Crippen molar-refractivity contribution in [1.82, 2.24) is 14.3 Å². The number of para-hydroxylation sites is 1. The molecule has 0 aliphatic heterocycles. The first-order chi connectivity index (χ1) is 10.5. The maximum atomic E-state index is 12.5. The summed E-state index contributed by atoms with van der Waals surface area (Å²) in [5, 5.41) is 4.93. The monoisotopic (exact) mass is 334 g/mol. The van der Waals surface area contributed by atoms with Crippen LogP contribution in [0.15, 0.2) is 29.3 Å². The quantitative estimate of drug-likeness (QED) is 0.723. The molecular formula is C15H15ClN4OS. The first kappa shape index (κ1) is 15.0. The van der Waals surface area contributed by atoms with E-state index in [1.165, 1.54) is 11.3 Å². The van der Waals surface area contributed by atoms with Gasteiger partial charge in [0.05, 0.1) is 20.9 Å². The average Bonchev–Trinajstić information content (AvgIpc) is 3.01. The van der Waals surface area contributed by atoms with Crippen LogP contribution in [-0.4, -0.2) is 20.3 Å². The fourth-order valence-electron chi connectivity index (χ4n) is 2.37. The van der Waals surface area contributed by atoms with Gasteiger partial charge in [0.15, 0.2) is 4.80 Å². The van der Waals surface area contributed by atoms with Crippen LogP contribution in [0.1, 0.15) is 23.1 Å². The molecule has 1 amide bonds. The van der Waals surface area contributed by atoms with Gasteiger partial charge in [0, 0.05) is 13.6 Å². The predicted octanol–water partition coefficient (Wildman–Crippen LogP) is 3.16. The second kappa shape index (κ2) is 5.70. The van der Waals surface area contributed by atoms with E-state index in [2.05, 4.69) is 10.1 Å². The Kier molecular flexibility index (Phi) is 3.88. The maximum Gasteiger partial charge on any atom is 0.297 e. The highest BCUT2D eigenvalue weighted by molar-refractivity contribution is 7.16. The van der Waals surface area contributed by atoms with Crippen LogP contribution in [0, 0.1) is 6.92 Å². The highest BCUT2D eigenvalue weighted by Crippen LogP contribution is 2.24. The number of rotatable bonds is 2. The summed E-state index contributed by atoms with van der Waals surface area (Å²) in [7, 11) is 1.86. The number of halogens is 1. The molecule has 2 heterocycles. The summed E-state index contributed by atoms with van der Waals surface area (Å²) >= 11 is 7.67. The minimum atomic E-state index is -0.291. The number of carbonyl (C=O) groups excluding carboxylic acids is 1. The molecule has 22 heavy (non-hydrogen) atoms. The first-order valence-corrected chi connectivity index (χ1v) is 8.08. The number of amides is 1. The summed E-state index contributed by atoms with van der Waals surface area (Å²) in [4.78, 5) is 17.3. The van der Waals surface area contributed by atoms with E-state index in [0.29, 0.717) is 22.1 Å². The molecule has 7 heteroatoms. The van der Waals surface area contributed by atoms with Gasteiger partial charge in [0.25, 0.3) is 5.91 Å². The van der Waals surface area contributed by atoms with Crippen LogP contribution in [0.4, 0.5) is 0 Å². The van der Waals surface area contributed by atoms with Crippen LogP contribution in [-0.2, 0) is 13.6 Å². The van der Waals surface area contributed by atoms with Crippen LogP contribution in [0.2, 0.25) is 5.02 Å². The largest absolute Gasteiger partial charge is 0.318 e. The molecule has 0 bridgehead atoms. The number of carbonyl (C=O) groups is 1. The van der Waals surface area contributed by atoms with Crippen LogP contribution in [0.5, 0.6) is 0 Å². The predicted molar refractivity (Wildman–Crippen MR) is 88.3 cm³/mol. The van der Waals surface area contributed by atoms with Gasteiger partial charge >= 0.3 is 0 Å². The van der Waals surface area contributed by atoms with Crippen LogP contribution in [0.3, 0.4) is 0 Å². The van der Waals surface area contributed by atoms with Gasteiger partial charge in [-0.1, -0.05) is 29.0 Å². The maximum absolute atomic E-state index is 12.5. The molecule has 0 saturated carbocycles. The van der Waals surface area contributed by atoms with Crippen molar-refractivity contribution < 1.29 is 4.79 Å². The van der Waals surface area contributed by atoms with E-state index in [1.807, 2.05) is 43.7 Å². The van der Waals surface area contributed by atoms with Crippen LogP contribution >= 0.6 is 22.9 Å². The second-order valence-corrected chi connectivity index (χ2v) is 6.35. The number of hydrogen-bond acceptors (Lipinski definition) is 3. The molecule has 0 aliphatic carbocycles. The SMILES string of the molecule is CCn1nc(C)cc1C(=O)N=c1sc2cccc(Cl)c2n1C. The van der Waals surface area contributed by atoms with E-state index in [-0.39, 0.29) is 5.91 Å². The van der Waals surface area contributed by atoms with Crippen molar-refractivity contribution in [3.63, 3.8) is 0 Å². The zero-order valence-corrected chi connectivity index (χ0v) is 14.1. The number of nitrogens with zero attached hydrogens (tertiary/aromatic N) is 4. The van der Waals surface area contributed by atoms with Gasteiger partial charge in [0.2, 0.25) is 0 Å². The topological polar surface area (TPSA) is 52.2 Å². The summed E-state index contributed by atoms with van der Waals surface area (Å²) in [6.07, 6.45) is 0. The Morgan fingerprint density at radius 2 is 2.23 bits per heavy atom. The molecule has 0 N–H and O–H groups in total. The Bertz CT molecular complexity index is 935. The Hall–Kier alpha value is -1.92. The average molecular weight is 335 g/mol. The lowest BCUT2D eigenvalue weighted by atomic mass is 10.3. The fraction of sp³-hybridized carbons (Fsp3) is 0.267. The Balaban J connectivity index is 2.14. The van der Waals surface area contributed by atoms with Gasteiger partial charge in [-0.15, -0.1) is 0 Å². The van der Waals surface area contributed by atoms with Crippen molar-refractivity contribution in [1.29, 1.82) is 0 Å². The van der Waals surface area contributed by atoms with Gasteiger partial charge in [-0.2, -0.15) is 10.1 Å². The third-order valence-electron chi connectivity index (χ3n) is 3.39. The molecular weight excluding hydrogens is 320 g/mol. The van der Waals surface area contributed by atoms with Gasteiger partial charge in [-0.05, 0) is 32.0 Å². The van der Waals surface area contributed by atoms with Crippen LogP contribution in [0.25, 0.3) is 10.2 Å². The van der Waals surface area contributed by atoms with Crippen molar-refractivity contribution in [3.05, 3.63) is 45.5 Å². The summed E-state index contributed by atoms with van der Waals surface area (Å²) in [6.45, 7) is 4.44. The van der Waals surface area contributed by atoms with Gasteiger partial charge in [-0.25, -0.2) is 0 Å². The third kappa shape index (κ3) is 2.48. The molecule has 3 aromatic rings. The minimum Gasteiger partial charge on any atom is -0.318 e. The Morgan fingerprint density at radius 1 is 1.45 bits per heavy atom. The van der Waals surface area contributed by atoms with E-state index in [0.717, 1.165) is 15.9 Å². The van der Waals surface area contributed by atoms with Gasteiger partial charge in [0.1, 0.15) is 5.69 Å². The smallest absolute Gasteiger partial charge is 0.297 e. The van der Waals surface area contributed by atoms with E-state index >= 15 is 0 Å². The molecule has 0 radical (unpaired) electrons. The molecule has 0 spiro atoms. The number of benzene rings is 1. The molecule has 0 atom stereocenters. The van der Waals surface area contributed by atoms with Gasteiger partial charge < -0.3 is 4.57 Å². The van der Waals surface area contributed by atoms with Crippen molar-refractivity contribution in [2.75, 3.05) is 0 Å². The molecule has 0 saturated heterocycles. The van der Waals surface area contributed by atoms with E-state index < -0.39 is 0 Å². The van der Waals surface area contributed by atoms with Crippen LogP contribution < -0.4 is 4.80 Å². The van der Waals surface area contributed by atoms with Crippen molar-refractivity contribution in [2.24, 2.45) is 12.0 Å². The zero-order valence-electron chi connectivity index (χ0n) is 12.5. The molecule has 5 nitrogen and oxygen atoms in total.